The Labute approximate surface area is 122 Å². The molecule has 1 saturated heterocycles. The van der Waals surface area contributed by atoms with Crippen LogP contribution in [0, 0.1) is 0 Å². The van der Waals surface area contributed by atoms with Gasteiger partial charge in [0, 0.05) is 37.0 Å². The molecule has 108 valence electrons. The number of imidazole rings is 1. The van der Waals surface area contributed by atoms with Gasteiger partial charge in [0.15, 0.2) is 0 Å². The van der Waals surface area contributed by atoms with Crippen molar-refractivity contribution in [3.63, 3.8) is 0 Å². The topological polar surface area (TPSA) is 62.1 Å². The van der Waals surface area contributed by atoms with E-state index in [0.29, 0.717) is 6.04 Å². The van der Waals surface area contributed by atoms with Crippen LogP contribution in [0.3, 0.4) is 0 Å². The highest BCUT2D eigenvalue weighted by Crippen LogP contribution is 2.30. The Bertz CT molecular complexity index is 717. The summed E-state index contributed by atoms with van der Waals surface area (Å²) in [6.07, 6.45) is 11.2. The molecule has 0 bridgehead atoms. The van der Waals surface area contributed by atoms with Crippen molar-refractivity contribution in [3.05, 3.63) is 48.3 Å². The predicted molar refractivity (Wildman–Crippen MR) is 78.6 cm³/mol. The molecule has 1 fully saturated rings. The van der Waals surface area contributed by atoms with Crippen LogP contribution in [-0.2, 0) is 6.54 Å². The van der Waals surface area contributed by atoms with Crippen LogP contribution in [0.2, 0.25) is 0 Å². The summed E-state index contributed by atoms with van der Waals surface area (Å²) in [4.78, 5) is 11.5. The van der Waals surface area contributed by atoms with Crippen molar-refractivity contribution in [1.29, 1.82) is 0 Å². The molecule has 0 amide bonds. The van der Waals surface area contributed by atoms with Crippen molar-refractivity contribution < 1.29 is 0 Å². The Kier molecular flexibility index (Phi) is 3.16. The van der Waals surface area contributed by atoms with E-state index in [4.69, 9.17) is 4.98 Å². The van der Waals surface area contributed by atoms with E-state index in [9.17, 15) is 0 Å². The lowest BCUT2D eigenvalue weighted by molar-refractivity contribution is 0.135. The minimum Gasteiger partial charge on any atom is -0.291 e. The summed E-state index contributed by atoms with van der Waals surface area (Å²) in [5, 5.41) is 7.09. The average molecular weight is 282 g/mol. The van der Waals surface area contributed by atoms with Crippen LogP contribution in [0.1, 0.15) is 36.7 Å². The quantitative estimate of drug-likeness (QED) is 0.800. The first-order valence-corrected chi connectivity index (χ1v) is 7.42. The first-order valence-electron chi connectivity index (χ1n) is 7.42. The van der Waals surface area contributed by atoms with Gasteiger partial charge >= 0.3 is 0 Å². The molecule has 1 N–H and O–H groups in total. The number of piperidine rings is 1. The third kappa shape index (κ3) is 2.42. The smallest absolute Gasteiger partial charge is 0.233 e. The monoisotopic (exact) mass is 282 g/mol. The highest BCUT2D eigenvalue weighted by molar-refractivity contribution is 5.30. The van der Waals surface area contributed by atoms with Crippen molar-refractivity contribution in [3.8, 4) is 0 Å². The number of H-pyrrole nitrogens is 1. The molecule has 6 nitrogen and oxygen atoms in total. The maximum Gasteiger partial charge on any atom is 0.233 e. The molecular formula is C15H18N6. The van der Waals surface area contributed by atoms with E-state index in [1.165, 1.54) is 12.8 Å². The minimum atomic E-state index is 0.365. The zero-order chi connectivity index (χ0) is 14.1. The summed E-state index contributed by atoms with van der Waals surface area (Å²) in [5.41, 5.74) is 2.27. The van der Waals surface area contributed by atoms with Gasteiger partial charge in [-0.3, -0.25) is 14.4 Å². The largest absolute Gasteiger partial charge is 0.291 e. The number of likely N-dealkylation sites (tertiary alicyclic amines) is 1. The number of fused-ring (bicyclic) bond motifs is 1. The Morgan fingerprint density at radius 1 is 1.19 bits per heavy atom. The summed E-state index contributed by atoms with van der Waals surface area (Å²) >= 11 is 0. The molecule has 0 spiro atoms. The molecule has 21 heavy (non-hydrogen) atoms. The molecule has 0 saturated carbocycles. The zero-order valence-electron chi connectivity index (χ0n) is 11.8. The van der Waals surface area contributed by atoms with Gasteiger partial charge in [0.05, 0.1) is 11.7 Å². The van der Waals surface area contributed by atoms with Crippen LogP contribution in [0.25, 0.3) is 5.78 Å². The maximum absolute atomic E-state index is 4.72. The van der Waals surface area contributed by atoms with Gasteiger partial charge < -0.3 is 0 Å². The standard InChI is InChI=1S/C15H18N6/c1-2-8-21(11-12-4-6-17-19-12)14(3-1)13-5-9-20-10-7-16-15(20)18-13/h4-7,9-10,14H,1-3,8,11H2,(H,17,19)/t14-/m0/s1. The lowest BCUT2D eigenvalue weighted by Crippen LogP contribution is -2.33. The fraction of sp³-hybridized carbons (Fsp3) is 0.400. The van der Waals surface area contributed by atoms with Crippen LogP contribution < -0.4 is 0 Å². The number of aromatic nitrogens is 5. The lowest BCUT2D eigenvalue weighted by Gasteiger charge is -2.34. The Morgan fingerprint density at radius 3 is 3.10 bits per heavy atom. The van der Waals surface area contributed by atoms with Crippen molar-refractivity contribution in [1.82, 2.24) is 29.5 Å². The van der Waals surface area contributed by atoms with Crippen LogP contribution in [0.4, 0.5) is 0 Å². The Morgan fingerprint density at radius 2 is 2.19 bits per heavy atom. The maximum atomic E-state index is 4.72. The van der Waals surface area contributed by atoms with Gasteiger partial charge in [-0.1, -0.05) is 6.42 Å². The molecule has 4 heterocycles. The summed E-state index contributed by atoms with van der Waals surface area (Å²) in [6, 6.07) is 4.52. The first kappa shape index (κ1) is 12.5. The summed E-state index contributed by atoms with van der Waals surface area (Å²) < 4.78 is 1.95. The molecule has 3 aromatic heterocycles. The fourth-order valence-corrected chi connectivity index (χ4v) is 3.11. The van der Waals surface area contributed by atoms with Gasteiger partial charge in [0.25, 0.3) is 0 Å². The fourth-order valence-electron chi connectivity index (χ4n) is 3.11. The van der Waals surface area contributed by atoms with E-state index in [-0.39, 0.29) is 0 Å². The second-order valence-corrected chi connectivity index (χ2v) is 5.55. The van der Waals surface area contributed by atoms with Gasteiger partial charge in [-0.2, -0.15) is 5.10 Å². The molecule has 0 aromatic carbocycles. The number of nitrogens with zero attached hydrogens (tertiary/aromatic N) is 5. The molecule has 0 aliphatic carbocycles. The third-order valence-electron chi connectivity index (χ3n) is 4.17. The summed E-state index contributed by atoms with van der Waals surface area (Å²) in [5.74, 6) is 0.777. The summed E-state index contributed by atoms with van der Waals surface area (Å²) in [6.45, 7) is 2.00. The van der Waals surface area contributed by atoms with E-state index in [0.717, 1.165) is 36.7 Å². The predicted octanol–water partition coefficient (Wildman–Crippen LogP) is 2.18. The number of nitrogens with one attached hydrogen (secondary N) is 1. The van der Waals surface area contributed by atoms with Crippen molar-refractivity contribution in [2.45, 2.75) is 31.8 Å². The van der Waals surface area contributed by atoms with Gasteiger partial charge in [0.1, 0.15) is 0 Å². The third-order valence-corrected chi connectivity index (χ3v) is 4.17. The van der Waals surface area contributed by atoms with E-state index >= 15 is 0 Å². The molecular weight excluding hydrogens is 264 g/mol. The number of aromatic amines is 1. The minimum absolute atomic E-state index is 0.365. The van der Waals surface area contributed by atoms with E-state index in [1.807, 2.05) is 29.1 Å². The molecule has 0 unspecified atom stereocenters. The van der Waals surface area contributed by atoms with E-state index < -0.39 is 0 Å². The molecule has 6 heteroatoms. The second-order valence-electron chi connectivity index (χ2n) is 5.55. The van der Waals surface area contributed by atoms with Gasteiger partial charge in [0.2, 0.25) is 5.78 Å². The Balaban J connectivity index is 1.63. The van der Waals surface area contributed by atoms with Gasteiger partial charge in [-0.25, -0.2) is 9.97 Å². The highest BCUT2D eigenvalue weighted by atomic mass is 15.2. The lowest BCUT2D eigenvalue weighted by atomic mass is 9.99. The molecule has 3 aromatic rings. The van der Waals surface area contributed by atoms with Crippen molar-refractivity contribution in [2.24, 2.45) is 0 Å². The molecule has 0 radical (unpaired) electrons. The van der Waals surface area contributed by atoms with Crippen LogP contribution in [0.15, 0.2) is 36.9 Å². The van der Waals surface area contributed by atoms with E-state index in [2.05, 4.69) is 26.1 Å². The molecule has 1 aliphatic rings. The van der Waals surface area contributed by atoms with Crippen LogP contribution in [-0.4, -0.2) is 36.0 Å². The van der Waals surface area contributed by atoms with Crippen molar-refractivity contribution in [2.75, 3.05) is 6.54 Å². The van der Waals surface area contributed by atoms with E-state index in [1.54, 1.807) is 6.20 Å². The van der Waals surface area contributed by atoms with Gasteiger partial charge in [-0.15, -0.1) is 0 Å². The zero-order valence-corrected chi connectivity index (χ0v) is 11.8. The molecule has 1 atom stereocenters. The number of hydrogen-bond donors (Lipinski definition) is 1. The Hall–Kier alpha value is -2.21. The SMILES string of the molecule is c1cc(CN2CCCC[C@H]2c2ccn3ccnc3n2)[nH]n1. The summed E-state index contributed by atoms with van der Waals surface area (Å²) in [7, 11) is 0. The first-order chi connectivity index (χ1) is 10.4. The number of rotatable bonds is 3. The van der Waals surface area contributed by atoms with Crippen molar-refractivity contribution >= 4 is 5.78 Å². The average Bonchev–Trinajstić information content (AvgIpc) is 3.18. The molecule has 4 rings (SSSR count). The van der Waals surface area contributed by atoms with Gasteiger partial charge in [-0.05, 0) is 31.5 Å². The normalized spacial score (nSPS) is 20.1. The number of hydrogen-bond acceptors (Lipinski definition) is 4. The molecule has 1 aliphatic heterocycles. The van der Waals surface area contributed by atoms with Crippen LogP contribution >= 0.6 is 0 Å². The highest BCUT2D eigenvalue weighted by Gasteiger charge is 2.25. The second kappa shape index (κ2) is 5.29. The van der Waals surface area contributed by atoms with Crippen LogP contribution in [0.5, 0.6) is 0 Å².